The van der Waals surface area contributed by atoms with Crippen molar-refractivity contribution in [2.24, 2.45) is 0 Å². The first-order valence-electron chi connectivity index (χ1n) is 5.28. The van der Waals surface area contributed by atoms with Gasteiger partial charge in [0.15, 0.2) is 5.13 Å². The van der Waals surface area contributed by atoms with E-state index in [1.165, 1.54) is 11.3 Å². The summed E-state index contributed by atoms with van der Waals surface area (Å²) in [6, 6.07) is 5.35. The molecule has 2 rings (SSSR count). The van der Waals surface area contributed by atoms with Gasteiger partial charge in [0.1, 0.15) is 0 Å². The maximum absolute atomic E-state index is 11.6. The van der Waals surface area contributed by atoms with Gasteiger partial charge < -0.3 is 10.6 Å². The number of benzene rings is 1. The molecule has 0 unspecified atom stereocenters. The molecule has 17 heavy (non-hydrogen) atoms. The monoisotopic (exact) mass is 250 g/mol. The molecule has 2 aromatic rings. The molecule has 90 valence electrons. The van der Waals surface area contributed by atoms with E-state index >= 15 is 0 Å². The third-order valence-electron chi connectivity index (χ3n) is 2.45. The van der Waals surface area contributed by atoms with Crippen molar-refractivity contribution in [2.75, 3.05) is 24.6 Å². The van der Waals surface area contributed by atoms with Crippen molar-refractivity contribution in [1.29, 1.82) is 0 Å². The third-order valence-corrected chi connectivity index (χ3v) is 3.38. The molecule has 0 bridgehead atoms. The van der Waals surface area contributed by atoms with E-state index in [9.17, 15) is 4.79 Å². The molecule has 0 aliphatic heterocycles. The fourth-order valence-electron chi connectivity index (χ4n) is 1.33. The Morgan fingerprint density at radius 1 is 1.59 bits per heavy atom. The Bertz CT molecular complexity index is 551. The summed E-state index contributed by atoms with van der Waals surface area (Å²) in [5.41, 5.74) is 7.23. The van der Waals surface area contributed by atoms with Gasteiger partial charge in [-0.05, 0) is 25.1 Å². The topological polar surface area (TPSA) is 71.2 Å². The van der Waals surface area contributed by atoms with E-state index in [-0.39, 0.29) is 6.03 Å². The summed E-state index contributed by atoms with van der Waals surface area (Å²) in [5, 5.41) is 3.35. The van der Waals surface area contributed by atoms with Gasteiger partial charge in [0.05, 0.1) is 10.2 Å². The van der Waals surface area contributed by atoms with Gasteiger partial charge in [-0.25, -0.2) is 9.78 Å². The number of nitrogen functional groups attached to an aromatic ring is 1. The lowest BCUT2D eigenvalue weighted by atomic mass is 10.3. The molecule has 0 fully saturated rings. The van der Waals surface area contributed by atoms with Gasteiger partial charge >= 0.3 is 6.03 Å². The second-order valence-corrected chi connectivity index (χ2v) is 4.72. The largest absolute Gasteiger partial charge is 0.399 e. The molecule has 5 nitrogen and oxygen atoms in total. The predicted octanol–water partition coefficient (Wildman–Crippen LogP) is 2.36. The lowest BCUT2D eigenvalue weighted by Gasteiger charge is -2.13. The van der Waals surface area contributed by atoms with Crippen LogP contribution in [0.3, 0.4) is 0 Å². The number of thiazole rings is 1. The fourth-order valence-corrected chi connectivity index (χ4v) is 2.23. The zero-order chi connectivity index (χ0) is 12.4. The summed E-state index contributed by atoms with van der Waals surface area (Å²) in [6.07, 6.45) is 0. The Morgan fingerprint density at radius 2 is 2.35 bits per heavy atom. The van der Waals surface area contributed by atoms with E-state index in [2.05, 4.69) is 10.3 Å². The first-order chi connectivity index (χ1) is 8.10. The van der Waals surface area contributed by atoms with Gasteiger partial charge in [0.25, 0.3) is 0 Å². The van der Waals surface area contributed by atoms with E-state index in [1.54, 1.807) is 18.0 Å². The van der Waals surface area contributed by atoms with Crippen molar-refractivity contribution in [3.05, 3.63) is 18.2 Å². The van der Waals surface area contributed by atoms with Crippen LogP contribution in [0.1, 0.15) is 6.92 Å². The highest BCUT2D eigenvalue weighted by atomic mass is 32.1. The SMILES string of the molecule is CCN(C)C(=O)Nc1nc2ccc(N)cc2s1. The summed E-state index contributed by atoms with van der Waals surface area (Å²) in [5.74, 6) is 0. The summed E-state index contributed by atoms with van der Waals surface area (Å²) in [7, 11) is 1.74. The maximum Gasteiger partial charge on any atom is 0.323 e. The van der Waals surface area contributed by atoms with Gasteiger partial charge in [-0.3, -0.25) is 5.32 Å². The molecule has 6 heteroatoms. The summed E-state index contributed by atoms with van der Waals surface area (Å²) in [6.45, 7) is 2.57. The number of aromatic nitrogens is 1. The second-order valence-electron chi connectivity index (χ2n) is 3.69. The van der Waals surface area contributed by atoms with Crippen LogP contribution in [-0.4, -0.2) is 29.5 Å². The van der Waals surface area contributed by atoms with Gasteiger partial charge in [0.2, 0.25) is 0 Å². The van der Waals surface area contributed by atoms with Crippen LogP contribution in [0.4, 0.5) is 15.6 Å². The number of rotatable bonds is 2. The third kappa shape index (κ3) is 2.47. The van der Waals surface area contributed by atoms with Crippen LogP contribution in [-0.2, 0) is 0 Å². The summed E-state index contributed by atoms with van der Waals surface area (Å²) < 4.78 is 0.972. The van der Waals surface area contributed by atoms with Crippen molar-refractivity contribution in [3.8, 4) is 0 Å². The van der Waals surface area contributed by atoms with Crippen molar-refractivity contribution < 1.29 is 4.79 Å². The molecular formula is C11H14N4OS. The summed E-state index contributed by atoms with van der Waals surface area (Å²) >= 11 is 1.42. The van der Waals surface area contributed by atoms with E-state index in [0.717, 1.165) is 10.2 Å². The highest BCUT2D eigenvalue weighted by Crippen LogP contribution is 2.27. The van der Waals surface area contributed by atoms with Crippen LogP contribution >= 0.6 is 11.3 Å². The van der Waals surface area contributed by atoms with Crippen LogP contribution in [0.15, 0.2) is 18.2 Å². The zero-order valence-corrected chi connectivity index (χ0v) is 10.5. The highest BCUT2D eigenvalue weighted by molar-refractivity contribution is 7.22. The highest BCUT2D eigenvalue weighted by Gasteiger charge is 2.10. The minimum atomic E-state index is -0.153. The predicted molar refractivity (Wildman–Crippen MR) is 71.4 cm³/mol. The molecule has 1 aromatic heterocycles. The fraction of sp³-hybridized carbons (Fsp3) is 0.273. The number of nitrogens with two attached hydrogens (primary N) is 1. The van der Waals surface area contributed by atoms with E-state index in [1.807, 2.05) is 19.1 Å². The molecule has 0 atom stereocenters. The van der Waals surface area contributed by atoms with Crippen molar-refractivity contribution >= 4 is 38.4 Å². The van der Waals surface area contributed by atoms with Crippen molar-refractivity contribution in [3.63, 3.8) is 0 Å². The number of urea groups is 1. The van der Waals surface area contributed by atoms with Crippen LogP contribution in [0.5, 0.6) is 0 Å². The maximum atomic E-state index is 11.6. The van der Waals surface area contributed by atoms with E-state index in [0.29, 0.717) is 17.4 Å². The van der Waals surface area contributed by atoms with Gasteiger partial charge in [0, 0.05) is 19.3 Å². The number of carbonyl (C=O) groups excluding carboxylic acids is 1. The van der Waals surface area contributed by atoms with Crippen LogP contribution in [0.2, 0.25) is 0 Å². The molecule has 0 saturated carbocycles. The average Bonchev–Trinajstić information content (AvgIpc) is 2.69. The molecule has 1 heterocycles. The molecule has 3 N–H and O–H groups in total. The standard InChI is InChI=1S/C11H14N4OS/c1-3-15(2)11(16)14-10-13-8-5-4-7(12)6-9(8)17-10/h4-6H,3,12H2,1-2H3,(H,13,14,16). The van der Waals surface area contributed by atoms with E-state index < -0.39 is 0 Å². The minimum Gasteiger partial charge on any atom is -0.399 e. The molecule has 0 aliphatic carbocycles. The number of anilines is 2. The Balaban J connectivity index is 2.22. The quantitative estimate of drug-likeness (QED) is 0.804. The average molecular weight is 250 g/mol. The van der Waals surface area contributed by atoms with Gasteiger partial charge in [-0.2, -0.15) is 0 Å². The molecule has 2 amide bonds. The Kier molecular flexibility index (Phi) is 3.14. The minimum absolute atomic E-state index is 0.153. The molecule has 0 spiro atoms. The lowest BCUT2D eigenvalue weighted by Crippen LogP contribution is -2.30. The Labute approximate surface area is 103 Å². The zero-order valence-electron chi connectivity index (χ0n) is 9.73. The van der Waals surface area contributed by atoms with Gasteiger partial charge in [-0.15, -0.1) is 0 Å². The second kappa shape index (κ2) is 4.58. The van der Waals surface area contributed by atoms with Crippen LogP contribution in [0.25, 0.3) is 10.2 Å². The van der Waals surface area contributed by atoms with Crippen LogP contribution in [0, 0.1) is 0 Å². The van der Waals surface area contributed by atoms with Gasteiger partial charge in [-0.1, -0.05) is 11.3 Å². The van der Waals surface area contributed by atoms with E-state index in [4.69, 9.17) is 5.73 Å². The summed E-state index contributed by atoms with van der Waals surface area (Å²) in [4.78, 5) is 17.5. The number of fused-ring (bicyclic) bond motifs is 1. The first-order valence-corrected chi connectivity index (χ1v) is 6.10. The number of amides is 2. The number of carbonyl (C=O) groups is 1. The number of hydrogen-bond donors (Lipinski definition) is 2. The Morgan fingerprint density at radius 3 is 3.06 bits per heavy atom. The number of nitrogens with one attached hydrogen (secondary N) is 1. The van der Waals surface area contributed by atoms with Crippen molar-refractivity contribution in [2.45, 2.75) is 6.92 Å². The normalized spacial score (nSPS) is 10.5. The smallest absolute Gasteiger partial charge is 0.323 e. The number of hydrogen-bond acceptors (Lipinski definition) is 4. The molecular weight excluding hydrogens is 236 g/mol. The number of nitrogens with zero attached hydrogens (tertiary/aromatic N) is 2. The molecule has 0 radical (unpaired) electrons. The lowest BCUT2D eigenvalue weighted by molar-refractivity contribution is 0.224. The first kappa shape index (κ1) is 11.7. The Hall–Kier alpha value is -1.82. The molecule has 0 aliphatic rings. The molecule has 1 aromatic carbocycles. The molecule has 0 saturated heterocycles. The van der Waals surface area contributed by atoms with Crippen LogP contribution < -0.4 is 11.1 Å². The van der Waals surface area contributed by atoms with Crippen molar-refractivity contribution in [1.82, 2.24) is 9.88 Å².